The van der Waals surface area contributed by atoms with Gasteiger partial charge in [0, 0.05) is 24.9 Å². The summed E-state index contributed by atoms with van der Waals surface area (Å²) >= 11 is 0. The van der Waals surface area contributed by atoms with Crippen LogP contribution in [0.5, 0.6) is 5.75 Å². The number of phenolic OH excluding ortho intramolecular Hbond substituents is 1. The monoisotopic (exact) mass is 565 g/mol. The van der Waals surface area contributed by atoms with Gasteiger partial charge in [-0.2, -0.15) is 0 Å². The average Bonchev–Trinajstić information content (AvgIpc) is 3.71. The highest BCUT2D eigenvalue weighted by molar-refractivity contribution is 6.09. The number of aryl methyl sites for hydroxylation is 1. The maximum Gasteiger partial charge on any atom is 0.328 e. The van der Waals surface area contributed by atoms with E-state index in [4.69, 9.17) is 0 Å². The van der Waals surface area contributed by atoms with Crippen LogP contribution in [0.2, 0.25) is 0 Å². The van der Waals surface area contributed by atoms with Gasteiger partial charge in [-0.15, -0.1) is 0 Å². The highest BCUT2D eigenvalue weighted by atomic mass is 16.3. The lowest BCUT2D eigenvalue weighted by Crippen LogP contribution is -2.52. The summed E-state index contributed by atoms with van der Waals surface area (Å²) in [7, 11) is 0. The number of aliphatic hydroxyl groups excluding tert-OH is 1. The Kier molecular flexibility index (Phi) is 8.86. The minimum absolute atomic E-state index is 0.00992. The number of imide groups is 1. The lowest BCUT2D eigenvalue weighted by atomic mass is 10.0. The lowest BCUT2D eigenvalue weighted by Gasteiger charge is -2.28. The molecule has 2 fully saturated rings. The predicted molar refractivity (Wildman–Crippen MR) is 154 cm³/mol. The van der Waals surface area contributed by atoms with Crippen LogP contribution >= 0.6 is 0 Å². The number of hydrogen-bond acceptors (Lipinski definition) is 6. The van der Waals surface area contributed by atoms with Crippen LogP contribution in [0.4, 0.5) is 21.0 Å². The molecule has 4 rings (SSSR count). The molecule has 0 radical (unpaired) electrons. The van der Waals surface area contributed by atoms with Gasteiger partial charge in [-0.1, -0.05) is 37.1 Å². The third-order valence-electron chi connectivity index (χ3n) is 7.72. The van der Waals surface area contributed by atoms with Crippen LogP contribution in [0.1, 0.15) is 57.6 Å². The van der Waals surface area contributed by atoms with Crippen molar-refractivity contribution in [2.45, 2.75) is 77.5 Å². The second-order valence-electron chi connectivity index (χ2n) is 11.5. The molecule has 6 amide bonds. The number of aromatic hydroxyl groups is 1. The molecule has 1 saturated heterocycles. The quantitative estimate of drug-likeness (QED) is 0.206. The van der Waals surface area contributed by atoms with Crippen molar-refractivity contribution in [1.82, 2.24) is 15.1 Å². The fourth-order valence-electron chi connectivity index (χ4n) is 4.96. The van der Waals surface area contributed by atoms with Gasteiger partial charge in [0.1, 0.15) is 17.3 Å². The zero-order valence-electron chi connectivity index (χ0n) is 23.9. The number of carbonyl (C=O) groups is 4. The molecule has 2 atom stereocenters. The van der Waals surface area contributed by atoms with Crippen molar-refractivity contribution in [1.29, 1.82) is 0 Å². The van der Waals surface area contributed by atoms with Gasteiger partial charge in [0.15, 0.2) is 0 Å². The minimum Gasteiger partial charge on any atom is -0.506 e. The first-order valence-corrected chi connectivity index (χ1v) is 13.9. The minimum atomic E-state index is -1.23. The van der Waals surface area contributed by atoms with E-state index in [1.54, 1.807) is 39.0 Å². The molecule has 11 nitrogen and oxygen atoms in total. The molecule has 0 bridgehead atoms. The molecule has 1 aliphatic heterocycles. The highest BCUT2D eigenvalue weighted by Gasteiger charge is 2.55. The molecule has 11 heteroatoms. The van der Waals surface area contributed by atoms with Crippen LogP contribution in [0.3, 0.4) is 0 Å². The summed E-state index contributed by atoms with van der Waals surface area (Å²) in [6.45, 7) is 6.83. The summed E-state index contributed by atoms with van der Waals surface area (Å²) in [6.07, 6.45) is 2.65. The Balaban J connectivity index is 1.48. The van der Waals surface area contributed by atoms with Crippen LogP contribution in [0.15, 0.2) is 42.5 Å². The molecule has 41 heavy (non-hydrogen) atoms. The van der Waals surface area contributed by atoms with E-state index in [1.165, 1.54) is 17.0 Å². The van der Waals surface area contributed by atoms with E-state index >= 15 is 0 Å². The Morgan fingerprint density at radius 3 is 2.39 bits per heavy atom. The van der Waals surface area contributed by atoms with Crippen molar-refractivity contribution >= 4 is 35.3 Å². The zero-order valence-corrected chi connectivity index (χ0v) is 23.9. The zero-order chi connectivity index (χ0) is 29.9. The van der Waals surface area contributed by atoms with Gasteiger partial charge < -0.3 is 31.1 Å². The first kappa shape index (κ1) is 29.9. The van der Waals surface area contributed by atoms with Crippen LogP contribution in [-0.2, 0) is 16.1 Å². The van der Waals surface area contributed by atoms with Gasteiger partial charge in [-0.05, 0) is 75.8 Å². The van der Waals surface area contributed by atoms with Crippen molar-refractivity contribution in [3.63, 3.8) is 0 Å². The lowest BCUT2D eigenvalue weighted by molar-refractivity contribution is -0.139. The smallest absolute Gasteiger partial charge is 0.328 e. The summed E-state index contributed by atoms with van der Waals surface area (Å²) in [4.78, 5) is 55.4. The maximum absolute atomic E-state index is 13.7. The molecule has 0 aromatic heterocycles. The highest BCUT2D eigenvalue weighted by Crippen LogP contribution is 2.38. The maximum atomic E-state index is 13.7. The molecule has 220 valence electrons. The molecule has 2 aliphatic rings. The van der Waals surface area contributed by atoms with E-state index < -0.39 is 35.5 Å². The number of carbonyl (C=O) groups excluding carboxylic acids is 4. The summed E-state index contributed by atoms with van der Waals surface area (Å²) < 4.78 is 0. The van der Waals surface area contributed by atoms with E-state index in [1.807, 2.05) is 19.1 Å². The molecule has 0 unspecified atom stereocenters. The summed E-state index contributed by atoms with van der Waals surface area (Å²) in [5.41, 5.74) is 1.03. The SMILES string of the molecule is Cc1ccccc1NC(=O)Nc1ccc(CN2C(=O)N([C@@H](CC3CC3)C(=O)N[C@H](C)CCO)C(=O)C2(C)C)cc1O. The summed E-state index contributed by atoms with van der Waals surface area (Å²) in [5, 5.41) is 28.0. The molecule has 2 aromatic carbocycles. The Morgan fingerprint density at radius 1 is 1.07 bits per heavy atom. The Morgan fingerprint density at radius 2 is 1.76 bits per heavy atom. The first-order valence-electron chi connectivity index (χ1n) is 13.9. The average molecular weight is 566 g/mol. The number of aliphatic hydroxyl groups is 1. The number of hydrogen-bond donors (Lipinski definition) is 5. The second-order valence-corrected chi connectivity index (χ2v) is 11.5. The predicted octanol–water partition coefficient (Wildman–Crippen LogP) is 3.94. The number of anilines is 2. The number of urea groups is 2. The van der Waals surface area contributed by atoms with Gasteiger partial charge in [0.05, 0.1) is 5.69 Å². The number of rotatable bonds is 11. The molecule has 0 spiro atoms. The molecule has 1 saturated carbocycles. The van der Waals surface area contributed by atoms with Crippen LogP contribution in [0.25, 0.3) is 0 Å². The van der Waals surface area contributed by atoms with Gasteiger partial charge in [-0.25, -0.2) is 14.5 Å². The third-order valence-corrected chi connectivity index (χ3v) is 7.72. The number of phenols is 1. The Hall–Kier alpha value is -4.12. The molecule has 1 aliphatic carbocycles. The number of nitrogens with one attached hydrogen (secondary N) is 3. The van der Waals surface area contributed by atoms with Gasteiger partial charge in [0.2, 0.25) is 5.91 Å². The van der Waals surface area contributed by atoms with E-state index in [2.05, 4.69) is 16.0 Å². The van der Waals surface area contributed by atoms with Crippen molar-refractivity contribution in [3.8, 4) is 5.75 Å². The van der Waals surface area contributed by atoms with Crippen molar-refractivity contribution in [3.05, 3.63) is 53.6 Å². The Labute approximate surface area is 239 Å². The van der Waals surface area contributed by atoms with Gasteiger partial charge >= 0.3 is 12.1 Å². The van der Waals surface area contributed by atoms with Crippen LogP contribution in [-0.4, -0.2) is 68.1 Å². The molecular weight excluding hydrogens is 526 g/mol. The standard InChI is InChI=1S/C30H39N5O6/c1-18-7-5-6-8-22(18)32-28(40)33-23-12-11-21(16-25(23)37)17-34-29(41)35(27(39)30(34,3)4)24(15-20-9-10-20)26(38)31-19(2)13-14-36/h5-8,11-12,16,19-20,24,36-37H,9-10,13-15,17H2,1-4H3,(H,31,38)(H2,32,33,40)/t19-,24+/m1/s1. The number of amides is 6. The van der Waals surface area contributed by atoms with Gasteiger partial charge in [0.25, 0.3) is 5.91 Å². The number of nitrogens with zero attached hydrogens (tertiary/aromatic N) is 2. The normalized spacial score (nSPS) is 17.8. The van der Waals surface area contributed by atoms with Gasteiger partial charge in [-0.3, -0.25) is 9.59 Å². The van der Waals surface area contributed by atoms with Crippen LogP contribution < -0.4 is 16.0 Å². The third kappa shape index (κ3) is 6.79. The van der Waals surface area contributed by atoms with Crippen molar-refractivity contribution < 1.29 is 29.4 Å². The topological polar surface area (TPSA) is 151 Å². The molecule has 2 aromatic rings. The van der Waals surface area contributed by atoms with Crippen molar-refractivity contribution in [2.75, 3.05) is 17.2 Å². The fourth-order valence-corrected chi connectivity index (χ4v) is 4.96. The number of benzene rings is 2. The largest absolute Gasteiger partial charge is 0.506 e. The summed E-state index contributed by atoms with van der Waals surface area (Å²) in [6, 6.07) is 9.59. The second kappa shape index (κ2) is 12.2. The Bertz CT molecular complexity index is 1320. The summed E-state index contributed by atoms with van der Waals surface area (Å²) in [5.74, 6) is -0.793. The molecular formula is C30H39N5O6. The van der Waals surface area contributed by atoms with E-state index in [0.29, 0.717) is 24.1 Å². The van der Waals surface area contributed by atoms with E-state index in [9.17, 15) is 29.4 Å². The molecule has 1 heterocycles. The molecule has 5 N–H and O–H groups in total. The van der Waals surface area contributed by atoms with Crippen LogP contribution in [0, 0.1) is 12.8 Å². The van der Waals surface area contributed by atoms with Crippen molar-refractivity contribution in [2.24, 2.45) is 5.92 Å². The fraction of sp³-hybridized carbons (Fsp3) is 0.467. The first-order chi connectivity index (χ1) is 19.4. The van der Waals surface area contributed by atoms with E-state index in [-0.39, 0.29) is 36.5 Å². The number of para-hydroxylation sites is 1. The van der Waals surface area contributed by atoms with E-state index in [0.717, 1.165) is 23.3 Å².